The van der Waals surface area contributed by atoms with Crippen LogP contribution in [0.2, 0.25) is 0 Å². The second-order valence-corrected chi connectivity index (χ2v) is 13.6. The minimum atomic E-state index is -0.275. The predicted octanol–water partition coefficient (Wildman–Crippen LogP) is 5.52. The van der Waals surface area contributed by atoms with E-state index in [2.05, 4.69) is 45.3 Å². The number of carbonyl (C=O) groups excluding carboxylic acids is 2. The number of nitrogens with two attached hydrogens (primary N) is 1. The van der Waals surface area contributed by atoms with Crippen molar-refractivity contribution < 1.29 is 33.3 Å². The van der Waals surface area contributed by atoms with Gasteiger partial charge in [-0.25, -0.2) is 29.9 Å². The number of carbonyl (C=O) groups is 2. The molecule has 1 aliphatic heterocycles. The van der Waals surface area contributed by atoms with Gasteiger partial charge in [-0.1, -0.05) is 0 Å². The number of anilines is 3. The number of hydrogen-bond acceptors (Lipinski definition) is 17. The van der Waals surface area contributed by atoms with Crippen molar-refractivity contribution in [1.29, 1.82) is 0 Å². The molecule has 1 aliphatic rings. The van der Waals surface area contributed by atoms with E-state index in [4.69, 9.17) is 39.4 Å². The molecule has 0 radical (unpaired) electrons. The number of rotatable bonds is 11. The van der Waals surface area contributed by atoms with E-state index in [1.165, 1.54) is 13.3 Å². The molecule has 0 aliphatic carbocycles. The molecule has 0 bridgehead atoms. The number of nitrogens with zero attached hydrogens (tertiary/aromatic N) is 9. The Morgan fingerprint density at radius 2 is 1.34 bits per heavy atom. The van der Waals surface area contributed by atoms with Crippen LogP contribution in [0, 0.1) is 5.92 Å². The van der Waals surface area contributed by atoms with Crippen LogP contribution in [0.5, 0.6) is 23.0 Å². The first-order chi connectivity index (χ1) is 29.6. The standard InChI is InChI=1S/C23H27N5O4.C19H17N7O3/c1-4-32-22(29)14-9-11-28(12-10-14)21-20-17(26-23(24)27-21)7-6-16(25-20)15-5-8-18(30-2)19(13-15)31-3;1-10(27)22-19-24-13-6-5-12(11-4-7-14(28-2)15(8-11)29-3)23-16(13)17(25-19)18-20-9-21-26-18/h5-8,13-14H,4,9-12H2,1-3H3,(H2,24,26,27);4-9H,1-3H3,(H,20,21,26)(H,22,24,25,27). The summed E-state index contributed by atoms with van der Waals surface area (Å²) in [4.78, 5) is 57.0. The monoisotopic (exact) mass is 828 g/mol. The lowest BCUT2D eigenvalue weighted by atomic mass is 9.97. The Labute approximate surface area is 350 Å². The van der Waals surface area contributed by atoms with Crippen molar-refractivity contribution in [2.75, 3.05) is 64.1 Å². The summed E-state index contributed by atoms with van der Waals surface area (Å²) in [6.07, 6.45) is 2.76. The van der Waals surface area contributed by atoms with E-state index < -0.39 is 0 Å². The van der Waals surface area contributed by atoms with Gasteiger partial charge in [-0.15, -0.1) is 0 Å². The largest absolute Gasteiger partial charge is 0.493 e. The van der Waals surface area contributed by atoms with E-state index >= 15 is 0 Å². The first-order valence-corrected chi connectivity index (χ1v) is 19.3. The SMILES string of the molecule is CCOC(=O)C1CCN(c2nc(N)nc3ccc(-c4ccc(OC)c(OC)c4)nc23)CC1.COc1ccc(-c2ccc3nc(NC(C)=O)nc(-c4ncn[nH]4)c3n2)cc1OC. The Morgan fingerprint density at radius 1 is 0.754 bits per heavy atom. The van der Waals surface area contributed by atoms with E-state index in [9.17, 15) is 9.59 Å². The van der Waals surface area contributed by atoms with E-state index in [1.807, 2.05) is 61.5 Å². The highest BCUT2D eigenvalue weighted by molar-refractivity contribution is 5.93. The van der Waals surface area contributed by atoms with Crippen molar-refractivity contribution in [3.05, 3.63) is 67.0 Å². The van der Waals surface area contributed by atoms with Crippen molar-refractivity contribution in [2.24, 2.45) is 5.92 Å². The molecular formula is C42H44N12O7. The third-order valence-corrected chi connectivity index (χ3v) is 9.78. The predicted molar refractivity (Wildman–Crippen MR) is 227 cm³/mol. The van der Waals surface area contributed by atoms with Gasteiger partial charge >= 0.3 is 5.97 Å². The summed E-state index contributed by atoms with van der Waals surface area (Å²) in [6, 6.07) is 18.6. The third-order valence-electron chi connectivity index (χ3n) is 9.78. The van der Waals surface area contributed by atoms with E-state index in [1.54, 1.807) is 34.5 Å². The highest BCUT2D eigenvalue weighted by atomic mass is 16.5. The third kappa shape index (κ3) is 9.14. The van der Waals surface area contributed by atoms with Gasteiger partial charge < -0.3 is 34.3 Å². The van der Waals surface area contributed by atoms with Crippen molar-refractivity contribution in [1.82, 2.24) is 45.1 Å². The molecule has 314 valence electrons. The minimum Gasteiger partial charge on any atom is -0.493 e. The number of esters is 1. The number of H-pyrrole nitrogens is 1. The number of pyridine rings is 2. The molecule has 2 aromatic carbocycles. The molecule has 61 heavy (non-hydrogen) atoms. The van der Waals surface area contributed by atoms with Crippen LogP contribution < -0.4 is 34.9 Å². The Balaban J connectivity index is 0.000000185. The molecule has 7 aromatic rings. The summed E-state index contributed by atoms with van der Waals surface area (Å²) in [5.41, 5.74) is 12.0. The average molecular weight is 829 g/mol. The Kier molecular flexibility index (Phi) is 12.6. The molecule has 19 heteroatoms. The molecular weight excluding hydrogens is 785 g/mol. The van der Waals surface area contributed by atoms with Crippen LogP contribution in [0.3, 0.4) is 0 Å². The Morgan fingerprint density at radius 3 is 1.89 bits per heavy atom. The minimum absolute atomic E-state index is 0.0908. The molecule has 8 rings (SSSR count). The molecule has 6 heterocycles. The number of ether oxygens (including phenoxy) is 5. The topological polar surface area (TPSA) is 240 Å². The van der Waals surface area contributed by atoms with Crippen LogP contribution in [0.15, 0.2) is 67.0 Å². The van der Waals surface area contributed by atoms with Crippen LogP contribution in [-0.2, 0) is 14.3 Å². The van der Waals surface area contributed by atoms with E-state index in [0.717, 1.165) is 16.8 Å². The maximum absolute atomic E-state index is 12.1. The fourth-order valence-electron chi connectivity index (χ4n) is 6.85. The number of benzene rings is 2. The zero-order valence-electron chi connectivity index (χ0n) is 34.4. The number of methoxy groups -OCH3 is 4. The second kappa shape index (κ2) is 18.5. The van der Waals surface area contributed by atoms with Gasteiger partial charge in [0.05, 0.1) is 63.4 Å². The summed E-state index contributed by atoms with van der Waals surface area (Å²) < 4.78 is 26.6. The number of hydrogen-bond donors (Lipinski definition) is 3. The Hall–Kier alpha value is -7.70. The lowest BCUT2D eigenvalue weighted by molar-refractivity contribution is -0.148. The highest BCUT2D eigenvalue weighted by Crippen LogP contribution is 2.35. The van der Waals surface area contributed by atoms with Crippen LogP contribution in [0.1, 0.15) is 26.7 Å². The number of piperidine rings is 1. The highest BCUT2D eigenvalue weighted by Gasteiger charge is 2.28. The van der Waals surface area contributed by atoms with Crippen LogP contribution in [-0.4, -0.2) is 105 Å². The first-order valence-electron chi connectivity index (χ1n) is 19.3. The van der Waals surface area contributed by atoms with Gasteiger partial charge in [0.1, 0.15) is 23.1 Å². The first kappa shape index (κ1) is 41.5. The Bertz CT molecular complexity index is 2690. The van der Waals surface area contributed by atoms with Gasteiger partial charge in [0.2, 0.25) is 17.8 Å². The molecule has 0 saturated carbocycles. The smallest absolute Gasteiger partial charge is 0.309 e. The van der Waals surface area contributed by atoms with Crippen LogP contribution >= 0.6 is 0 Å². The fraction of sp³-hybridized carbons (Fsp3) is 0.286. The molecule has 19 nitrogen and oxygen atoms in total. The van der Waals surface area contributed by atoms with E-state index in [-0.39, 0.29) is 29.7 Å². The lowest BCUT2D eigenvalue weighted by Crippen LogP contribution is -2.37. The molecule has 0 spiro atoms. The molecule has 0 atom stereocenters. The van der Waals surface area contributed by atoms with Gasteiger partial charge in [-0.2, -0.15) is 10.1 Å². The van der Waals surface area contributed by atoms with E-state index in [0.29, 0.717) is 101 Å². The molecule has 4 N–H and O–H groups in total. The van der Waals surface area contributed by atoms with Crippen molar-refractivity contribution in [3.63, 3.8) is 0 Å². The molecule has 0 unspecified atom stereocenters. The maximum Gasteiger partial charge on any atom is 0.309 e. The number of aromatic amines is 1. The number of nitrogens with one attached hydrogen (secondary N) is 2. The zero-order valence-corrected chi connectivity index (χ0v) is 34.4. The normalized spacial score (nSPS) is 12.7. The van der Waals surface area contributed by atoms with Crippen LogP contribution in [0.25, 0.3) is 56.1 Å². The average Bonchev–Trinajstić information content (AvgIpc) is 3.83. The summed E-state index contributed by atoms with van der Waals surface area (Å²) in [6.45, 7) is 4.94. The molecule has 1 saturated heterocycles. The summed E-state index contributed by atoms with van der Waals surface area (Å²) in [7, 11) is 6.36. The summed E-state index contributed by atoms with van der Waals surface area (Å²) >= 11 is 0. The fourth-order valence-corrected chi connectivity index (χ4v) is 6.85. The zero-order chi connectivity index (χ0) is 43.0. The van der Waals surface area contributed by atoms with Gasteiger partial charge in [0.25, 0.3) is 0 Å². The molecule has 5 aromatic heterocycles. The van der Waals surface area contributed by atoms with Crippen molar-refractivity contribution in [2.45, 2.75) is 26.7 Å². The maximum atomic E-state index is 12.1. The number of fused-ring (bicyclic) bond motifs is 2. The summed E-state index contributed by atoms with van der Waals surface area (Å²) in [5, 5.41) is 9.25. The van der Waals surface area contributed by atoms with Gasteiger partial charge in [-0.3, -0.25) is 20.0 Å². The van der Waals surface area contributed by atoms with Crippen molar-refractivity contribution in [3.8, 4) is 57.0 Å². The molecule has 1 amide bonds. The second-order valence-electron chi connectivity index (χ2n) is 13.6. The number of amides is 1. The van der Waals surface area contributed by atoms with Gasteiger partial charge in [-0.05, 0) is 80.4 Å². The number of nitrogen functional groups attached to an aromatic ring is 1. The lowest BCUT2D eigenvalue weighted by Gasteiger charge is -2.32. The quantitative estimate of drug-likeness (QED) is 0.136. The van der Waals surface area contributed by atoms with Gasteiger partial charge in [0.15, 0.2) is 34.6 Å². The molecule has 1 fully saturated rings. The van der Waals surface area contributed by atoms with Gasteiger partial charge in [0, 0.05) is 31.1 Å². The van der Waals surface area contributed by atoms with Crippen molar-refractivity contribution >= 4 is 51.7 Å². The summed E-state index contributed by atoms with van der Waals surface area (Å²) in [5.74, 6) is 3.46. The number of aromatic nitrogens is 9. The van der Waals surface area contributed by atoms with Crippen LogP contribution in [0.4, 0.5) is 17.7 Å².